The minimum absolute atomic E-state index is 0.139. The van der Waals surface area contributed by atoms with Crippen LogP contribution < -0.4 is 5.32 Å². The van der Waals surface area contributed by atoms with Crippen molar-refractivity contribution in [3.8, 4) is 11.5 Å². The zero-order valence-electron chi connectivity index (χ0n) is 9.70. The van der Waals surface area contributed by atoms with Crippen molar-refractivity contribution in [3.63, 3.8) is 0 Å². The molecule has 1 aromatic carbocycles. The molecule has 0 heterocycles. The van der Waals surface area contributed by atoms with Crippen molar-refractivity contribution in [1.29, 1.82) is 0 Å². The fourth-order valence-electron chi connectivity index (χ4n) is 0.978. The third-order valence-corrected chi connectivity index (χ3v) is 1.79. The minimum atomic E-state index is -1.27. The number of phenols is 2. The highest BCUT2D eigenvalue weighted by Crippen LogP contribution is 2.21. The van der Waals surface area contributed by atoms with Crippen molar-refractivity contribution < 1.29 is 30.3 Å². The van der Waals surface area contributed by atoms with Gasteiger partial charge in [-0.25, -0.2) is 4.79 Å². The summed E-state index contributed by atoms with van der Waals surface area (Å²) >= 11 is 0. The lowest BCUT2D eigenvalue weighted by molar-refractivity contribution is 0.0693. The second-order valence-corrected chi connectivity index (χ2v) is 3.20. The molecule has 0 atom stereocenters. The Bertz CT molecular complexity index is 365. The maximum atomic E-state index is 10.3. The lowest BCUT2D eigenvalue weighted by atomic mass is 10.2. The molecular formula is C11H17NO6. The molecule has 0 aliphatic rings. The first-order valence-corrected chi connectivity index (χ1v) is 5.20. The second kappa shape index (κ2) is 9.23. The van der Waals surface area contributed by atoms with Gasteiger partial charge >= 0.3 is 5.97 Å². The monoisotopic (exact) mass is 259 g/mol. The van der Waals surface area contributed by atoms with E-state index in [1.165, 1.54) is 6.07 Å². The van der Waals surface area contributed by atoms with Gasteiger partial charge in [-0.2, -0.15) is 0 Å². The van der Waals surface area contributed by atoms with Gasteiger partial charge < -0.3 is 30.8 Å². The van der Waals surface area contributed by atoms with E-state index in [-0.39, 0.29) is 30.3 Å². The van der Waals surface area contributed by atoms with E-state index >= 15 is 0 Å². The highest BCUT2D eigenvalue weighted by molar-refractivity contribution is 5.91. The Hall–Kier alpha value is -1.83. The second-order valence-electron chi connectivity index (χ2n) is 3.20. The number of carbonyl (C=O) groups is 1. The summed E-state index contributed by atoms with van der Waals surface area (Å²) in [6.07, 6.45) is 0. The summed E-state index contributed by atoms with van der Waals surface area (Å²) in [6, 6.07) is 3.32. The number of aromatic hydroxyl groups is 2. The van der Waals surface area contributed by atoms with Crippen molar-refractivity contribution >= 4 is 5.97 Å². The summed E-state index contributed by atoms with van der Waals surface area (Å²) in [5, 5.41) is 45.2. The van der Waals surface area contributed by atoms with E-state index in [1.807, 2.05) is 0 Å². The van der Waals surface area contributed by atoms with Crippen LogP contribution in [0.4, 0.5) is 0 Å². The molecule has 1 aromatic rings. The standard InChI is InChI=1S/C7H6O4.C4H11NO2/c8-4-1-2-6(9)5(3-4)7(10)11;6-3-1-5-2-4-7/h1-3,8-9H,(H,10,11);5-7H,1-4H2. The molecule has 0 unspecified atom stereocenters. The van der Waals surface area contributed by atoms with Crippen LogP contribution in [0.25, 0.3) is 0 Å². The average molecular weight is 259 g/mol. The predicted molar refractivity (Wildman–Crippen MR) is 63.8 cm³/mol. The van der Waals surface area contributed by atoms with E-state index in [0.717, 1.165) is 12.1 Å². The van der Waals surface area contributed by atoms with Gasteiger partial charge in [0.15, 0.2) is 0 Å². The molecule has 1 rings (SSSR count). The highest BCUT2D eigenvalue weighted by Gasteiger charge is 2.08. The van der Waals surface area contributed by atoms with E-state index < -0.39 is 5.97 Å². The molecule has 0 saturated carbocycles. The van der Waals surface area contributed by atoms with Gasteiger partial charge in [-0.15, -0.1) is 0 Å². The van der Waals surface area contributed by atoms with Crippen LogP contribution in [0.5, 0.6) is 11.5 Å². The largest absolute Gasteiger partial charge is 0.508 e. The molecule has 0 fully saturated rings. The van der Waals surface area contributed by atoms with Crippen LogP contribution in [0.15, 0.2) is 18.2 Å². The van der Waals surface area contributed by atoms with Crippen molar-refractivity contribution in [2.45, 2.75) is 0 Å². The van der Waals surface area contributed by atoms with Crippen LogP contribution in [0, 0.1) is 0 Å². The lowest BCUT2D eigenvalue weighted by Gasteiger charge is -1.98. The number of nitrogens with one attached hydrogen (secondary N) is 1. The van der Waals surface area contributed by atoms with Crippen LogP contribution >= 0.6 is 0 Å². The molecule has 0 radical (unpaired) electrons. The zero-order chi connectivity index (χ0) is 14.0. The van der Waals surface area contributed by atoms with Crippen LogP contribution in [-0.4, -0.2) is 57.8 Å². The first-order chi connectivity index (χ1) is 8.52. The van der Waals surface area contributed by atoms with Crippen LogP contribution in [0.1, 0.15) is 10.4 Å². The van der Waals surface area contributed by atoms with E-state index in [1.54, 1.807) is 0 Å². The number of aliphatic hydroxyl groups excluding tert-OH is 2. The van der Waals surface area contributed by atoms with Crippen molar-refractivity contribution in [2.75, 3.05) is 26.3 Å². The van der Waals surface area contributed by atoms with Crippen molar-refractivity contribution in [1.82, 2.24) is 5.32 Å². The number of hydrogen-bond acceptors (Lipinski definition) is 6. The van der Waals surface area contributed by atoms with Gasteiger partial charge in [0.05, 0.1) is 13.2 Å². The third kappa shape index (κ3) is 6.69. The number of aromatic carboxylic acids is 1. The zero-order valence-corrected chi connectivity index (χ0v) is 9.70. The topological polar surface area (TPSA) is 130 Å². The summed E-state index contributed by atoms with van der Waals surface area (Å²) in [6.45, 7) is 1.42. The van der Waals surface area contributed by atoms with Gasteiger partial charge in [0.2, 0.25) is 0 Å². The van der Waals surface area contributed by atoms with Gasteiger partial charge in [0, 0.05) is 13.1 Å². The molecule has 0 spiro atoms. The number of hydrogen-bond donors (Lipinski definition) is 6. The molecule has 0 saturated heterocycles. The molecule has 7 heteroatoms. The molecule has 0 aliphatic carbocycles. The molecule has 18 heavy (non-hydrogen) atoms. The quantitative estimate of drug-likeness (QED) is 0.306. The summed E-state index contributed by atoms with van der Waals surface area (Å²) in [5.41, 5.74) is -0.301. The van der Waals surface area contributed by atoms with E-state index in [0.29, 0.717) is 13.1 Å². The van der Waals surface area contributed by atoms with Crippen LogP contribution in [0.2, 0.25) is 0 Å². The first kappa shape index (κ1) is 16.2. The minimum Gasteiger partial charge on any atom is -0.508 e. The number of rotatable bonds is 5. The number of aliphatic hydroxyl groups is 2. The summed E-state index contributed by atoms with van der Waals surface area (Å²) in [7, 11) is 0. The predicted octanol–water partition coefficient (Wildman–Crippen LogP) is -0.643. The summed E-state index contributed by atoms with van der Waals surface area (Å²) in [5.74, 6) is -1.80. The maximum Gasteiger partial charge on any atom is 0.339 e. The van der Waals surface area contributed by atoms with Gasteiger partial charge in [-0.1, -0.05) is 0 Å². The Morgan fingerprint density at radius 3 is 2.06 bits per heavy atom. The summed E-state index contributed by atoms with van der Waals surface area (Å²) < 4.78 is 0. The number of carboxylic acid groups (broad SMARTS) is 1. The fourth-order valence-corrected chi connectivity index (χ4v) is 0.978. The third-order valence-electron chi connectivity index (χ3n) is 1.79. The Labute approximate surface area is 104 Å². The molecule has 0 aliphatic heterocycles. The van der Waals surface area contributed by atoms with Gasteiger partial charge in [-0.3, -0.25) is 0 Å². The lowest BCUT2D eigenvalue weighted by Crippen LogP contribution is -2.21. The number of benzene rings is 1. The molecule has 102 valence electrons. The molecule has 0 bridgehead atoms. The fraction of sp³-hybridized carbons (Fsp3) is 0.364. The van der Waals surface area contributed by atoms with Crippen molar-refractivity contribution in [2.24, 2.45) is 0 Å². The Morgan fingerprint density at radius 2 is 1.67 bits per heavy atom. The Balaban J connectivity index is 0.000000360. The Morgan fingerprint density at radius 1 is 1.11 bits per heavy atom. The smallest absolute Gasteiger partial charge is 0.339 e. The van der Waals surface area contributed by atoms with Gasteiger partial charge in [0.25, 0.3) is 0 Å². The average Bonchev–Trinajstić information content (AvgIpc) is 2.33. The SMILES string of the molecule is O=C(O)c1cc(O)ccc1O.OCCNCCO. The van der Waals surface area contributed by atoms with Crippen LogP contribution in [-0.2, 0) is 0 Å². The van der Waals surface area contributed by atoms with Crippen molar-refractivity contribution in [3.05, 3.63) is 23.8 Å². The van der Waals surface area contributed by atoms with Crippen LogP contribution in [0.3, 0.4) is 0 Å². The summed E-state index contributed by atoms with van der Waals surface area (Å²) in [4.78, 5) is 10.3. The van der Waals surface area contributed by atoms with E-state index in [4.69, 9.17) is 25.5 Å². The molecule has 0 aromatic heterocycles. The normalized spacial score (nSPS) is 9.44. The van der Waals surface area contributed by atoms with E-state index in [9.17, 15) is 4.79 Å². The van der Waals surface area contributed by atoms with E-state index in [2.05, 4.69) is 5.32 Å². The van der Waals surface area contributed by atoms with Gasteiger partial charge in [0.1, 0.15) is 17.1 Å². The van der Waals surface area contributed by atoms with Gasteiger partial charge in [-0.05, 0) is 18.2 Å². The number of carboxylic acids is 1. The molecule has 7 nitrogen and oxygen atoms in total. The first-order valence-electron chi connectivity index (χ1n) is 5.20. The molecule has 0 amide bonds. The maximum absolute atomic E-state index is 10.3. The highest BCUT2D eigenvalue weighted by atomic mass is 16.4. The Kier molecular flexibility index (Phi) is 8.29. The molecule has 6 N–H and O–H groups in total. The molecular weight excluding hydrogens is 242 g/mol. The number of phenolic OH excluding ortho intramolecular Hbond substituents is 1.